The minimum atomic E-state index is -2.74. The molecule has 5 N–H and O–H groups in total. The fourth-order valence-electron chi connectivity index (χ4n) is 5.55. The Morgan fingerprint density at radius 1 is 1.00 bits per heavy atom. The SMILES string of the molecule is CC1(C)CC(N(Cc2ccccn2)Cc2cc3c(cc2Cl)OCO3)CC(C)(C)N1.O=C(O)CC(O)(CC(=O)O)C(=O)O. The number of halogens is 1. The summed E-state index contributed by atoms with van der Waals surface area (Å²) < 4.78 is 11.1. The van der Waals surface area contributed by atoms with E-state index >= 15 is 0 Å². The maximum Gasteiger partial charge on any atom is 0.336 e. The molecule has 2 aromatic rings. The van der Waals surface area contributed by atoms with Crippen molar-refractivity contribution < 1.29 is 44.3 Å². The van der Waals surface area contributed by atoms with Crippen molar-refractivity contribution in [2.24, 2.45) is 0 Å². The molecule has 0 aliphatic carbocycles. The first-order chi connectivity index (χ1) is 19.5. The van der Waals surface area contributed by atoms with Gasteiger partial charge < -0.3 is 35.2 Å². The molecule has 1 aromatic heterocycles. The first-order valence-electron chi connectivity index (χ1n) is 13.4. The van der Waals surface area contributed by atoms with E-state index in [0.29, 0.717) is 11.1 Å². The van der Waals surface area contributed by atoms with Gasteiger partial charge in [0, 0.05) is 47.5 Å². The third-order valence-electron chi connectivity index (χ3n) is 6.98. The molecular formula is C29H38ClN3O9. The highest BCUT2D eigenvalue weighted by Crippen LogP contribution is 2.39. The number of aliphatic carboxylic acids is 3. The van der Waals surface area contributed by atoms with Gasteiger partial charge in [-0.3, -0.25) is 19.5 Å². The maximum absolute atomic E-state index is 10.3. The Kier molecular flexibility index (Phi) is 10.4. The number of nitrogens with zero attached hydrogens (tertiary/aromatic N) is 2. The number of hydrogen-bond acceptors (Lipinski definition) is 9. The summed E-state index contributed by atoms with van der Waals surface area (Å²) in [6.07, 6.45) is 1.69. The van der Waals surface area contributed by atoms with E-state index in [9.17, 15) is 14.4 Å². The van der Waals surface area contributed by atoms with Crippen molar-refractivity contribution in [2.75, 3.05) is 6.79 Å². The van der Waals surface area contributed by atoms with Crippen LogP contribution in [0.1, 0.15) is 64.6 Å². The molecule has 0 radical (unpaired) electrons. The van der Waals surface area contributed by atoms with Crippen LogP contribution in [-0.2, 0) is 27.5 Å². The van der Waals surface area contributed by atoms with Crippen molar-refractivity contribution in [3.8, 4) is 11.5 Å². The summed E-state index contributed by atoms with van der Waals surface area (Å²) in [4.78, 5) is 37.6. The number of rotatable bonds is 10. The zero-order chi connectivity index (χ0) is 31.3. The average Bonchev–Trinajstić information content (AvgIpc) is 3.29. The van der Waals surface area contributed by atoms with Gasteiger partial charge in [0.1, 0.15) is 0 Å². The third kappa shape index (κ3) is 9.28. The van der Waals surface area contributed by atoms with Crippen LogP contribution >= 0.6 is 11.6 Å². The van der Waals surface area contributed by atoms with Crippen LogP contribution in [-0.4, -0.2) is 77.7 Å². The van der Waals surface area contributed by atoms with Gasteiger partial charge in [0.05, 0.1) is 18.5 Å². The van der Waals surface area contributed by atoms with Crippen molar-refractivity contribution in [2.45, 2.75) is 89.2 Å². The number of fused-ring (bicyclic) bond motifs is 1. The summed E-state index contributed by atoms with van der Waals surface area (Å²) in [6.45, 7) is 10.9. The molecule has 2 aliphatic heterocycles. The summed E-state index contributed by atoms with van der Waals surface area (Å²) in [5.74, 6) is -3.53. The number of carboxylic acids is 3. The van der Waals surface area contributed by atoms with Crippen LogP contribution in [0.15, 0.2) is 36.5 Å². The molecule has 4 rings (SSSR count). The molecule has 3 heterocycles. The lowest BCUT2D eigenvalue weighted by Gasteiger charge is -2.49. The van der Waals surface area contributed by atoms with Crippen molar-refractivity contribution in [3.05, 3.63) is 52.8 Å². The van der Waals surface area contributed by atoms with Crippen LogP contribution in [0.5, 0.6) is 11.5 Å². The highest BCUT2D eigenvalue weighted by molar-refractivity contribution is 6.31. The van der Waals surface area contributed by atoms with E-state index in [1.165, 1.54) is 0 Å². The monoisotopic (exact) mass is 607 g/mol. The molecule has 0 saturated carbocycles. The van der Waals surface area contributed by atoms with E-state index in [1.54, 1.807) is 0 Å². The number of aromatic nitrogens is 1. The smallest absolute Gasteiger partial charge is 0.336 e. The molecule has 0 unspecified atom stereocenters. The fraction of sp³-hybridized carbons (Fsp3) is 0.517. The third-order valence-corrected chi connectivity index (χ3v) is 7.33. The first-order valence-corrected chi connectivity index (χ1v) is 13.8. The van der Waals surface area contributed by atoms with Gasteiger partial charge in [0.2, 0.25) is 6.79 Å². The lowest BCUT2D eigenvalue weighted by atomic mass is 9.79. The molecule has 2 aliphatic rings. The van der Waals surface area contributed by atoms with E-state index in [1.807, 2.05) is 30.5 Å². The predicted octanol–water partition coefficient (Wildman–Crippen LogP) is 3.53. The lowest BCUT2D eigenvalue weighted by Crippen LogP contribution is -2.62. The fourth-order valence-corrected chi connectivity index (χ4v) is 5.77. The molecule has 12 nitrogen and oxygen atoms in total. The van der Waals surface area contributed by atoms with E-state index in [4.69, 9.17) is 41.5 Å². The number of pyridine rings is 1. The quantitative estimate of drug-likeness (QED) is 0.266. The van der Waals surface area contributed by atoms with E-state index in [2.05, 4.69) is 49.0 Å². The number of piperidine rings is 1. The van der Waals surface area contributed by atoms with E-state index in [0.717, 1.165) is 48.7 Å². The number of carboxylic acid groups (broad SMARTS) is 3. The standard InChI is InChI=1S/C23H30ClN3O2.C6H8O7/c1-22(2)11-18(12-23(3,4)26-22)27(14-17-7-5-6-8-25-17)13-16-9-20-21(10-19(16)24)29-15-28-20;7-3(8)1-6(13,5(11)12)2-4(9)10/h5-10,18,26H,11-15H2,1-4H3;13H,1-2H2,(H,7,8)(H,9,10)(H,11,12). The number of hydrogen-bond donors (Lipinski definition) is 5. The summed E-state index contributed by atoms with van der Waals surface area (Å²) in [5.41, 5.74) is -0.488. The van der Waals surface area contributed by atoms with Crippen molar-refractivity contribution in [1.82, 2.24) is 15.2 Å². The van der Waals surface area contributed by atoms with E-state index in [-0.39, 0.29) is 17.9 Å². The Morgan fingerprint density at radius 3 is 2.07 bits per heavy atom. The van der Waals surface area contributed by atoms with Crippen LogP contribution in [0.3, 0.4) is 0 Å². The molecule has 1 fully saturated rings. The first kappa shape index (κ1) is 33.1. The molecule has 0 amide bonds. The Balaban J connectivity index is 0.000000316. The number of nitrogens with one attached hydrogen (secondary N) is 1. The topological polar surface area (TPSA) is 179 Å². The predicted molar refractivity (Wildman–Crippen MR) is 152 cm³/mol. The van der Waals surface area contributed by atoms with Gasteiger partial charge in [0.15, 0.2) is 17.1 Å². The second-order valence-corrected chi connectivity index (χ2v) is 12.4. The Hall–Kier alpha value is -3.45. The number of benzene rings is 1. The Labute approximate surface area is 249 Å². The molecule has 1 saturated heterocycles. The number of aliphatic hydroxyl groups is 1. The van der Waals surface area contributed by atoms with Crippen LogP contribution in [0, 0.1) is 0 Å². The zero-order valence-corrected chi connectivity index (χ0v) is 24.8. The van der Waals surface area contributed by atoms with Crippen LogP contribution in [0.4, 0.5) is 0 Å². The minimum absolute atomic E-state index is 0.0630. The van der Waals surface area contributed by atoms with Crippen molar-refractivity contribution in [3.63, 3.8) is 0 Å². The van der Waals surface area contributed by atoms with Crippen LogP contribution in [0.25, 0.3) is 0 Å². The molecule has 230 valence electrons. The minimum Gasteiger partial charge on any atom is -0.481 e. The maximum atomic E-state index is 10.3. The highest BCUT2D eigenvalue weighted by Gasteiger charge is 2.41. The van der Waals surface area contributed by atoms with Crippen LogP contribution in [0.2, 0.25) is 5.02 Å². The number of carbonyl (C=O) groups is 3. The summed E-state index contributed by atoms with van der Waals surface area (Å²) in [7, 11) is 0. The van der Waals surface area contributed by atoms with Crippen molar-refractivity contribution in [1.29, 1.82) is 0 Å². The Bertz CT molecular complexity index is 1250. The molecule has 0 bridgehead atoms. The molecule has 0 spiro atoms. The summed E-state index contributed by atoms with van der Waals surface area (Å²) in [6, 6.07) is 10.4. The highest BCUT2D eigenvalue weighted by atomic mass is 35.5. The van der Waals surface area contributed by atoms with E-state index < -0.39 is 36.4 Å². The van der Waals surface area contributed by atoms with Gasteiger partial charge in [0.25, 0.3) is 0 Å². The normalized spacial score (nSPS) is 17.3. The summed E-state index contributed by atoms with van der Waals surface area (Å²) >= 11 is 6.62. The molecular weight excluding hydrogens is 570 g/mol. The lowest BCUT2D eigenvalue weighted by molar-refractivity contribution is -0.170. The second-order valence-electron chi connectivity index (χ2n) is 12.0. The van der Waals surface area contributed by atoms with Gasteiger partial charge in [-0.25, -0.2) is 4.79 Å². The van der Waals surface area contributed by atoms with Gasteiger partial charge in [-0.2, -0.15) is 0 Å². The average molecular weight is 608 g/mol. The zero-order valence-electron chi connectivity index (χ0n) is 24.1. The second kappa shape index (κ2) is 13.2. The summed E-state index contributed by atoms with van der Waals surface area (Å²) in [5, 5.41) is 38.3. The number of ether oxygens (including phenoxy) is 2. The van der Waals surface area contributed by atoms with Gasteiger partial charge in [-0.1, -0.05) is 17.7 Å². The molecule has 42 heavy (non-hydrogen) atoms. The van der Waals surface area contributed by atoms with Gasteiger partial charge in [-0.05, 0) is 64.3 Å². The van der Waals surface area contributed by atoms with Crippen LogP contribution < -0.4 is 14.8 Å². The van der Waals surface area contributed by atoms with Gasteiger partial charge >= 0.3 is 17.9 Å². The van der Waals surface area contributed by atoms with Crippen molar-refractivity contribution >= 4 is 29.5 Å². The largest absolute Gasteiger partial charge is 0.481 e. The Morgan fingerprint density at radius 2 is 1.57 bits per heavy atom. The molecule has 13 heteroatoms. The molecule has 0 atom stereocenters. The van der Waals surface area contributed by atoms with Gasteiger partial charge in [-0.15, -0.1) is 0 Å². The molecule has 1 aromatic carbocycles.